The number of hydrogen-bond donors (Lipinski definition) is 0. The summed E-state index contributed by atoms with van der Waals surface area (Å²) in [5, 5.41) is 0. The molecule has 0 unspecified atom stereocenters. The molecule has 0 N–H and O–H groups in total. The smallest absolute Gasteiger partial charge is 0.313 e. The van der Waals surface area contributed by atoms with E-state index in [4.69, 9.17) is 34.8 Å². The summed E-state index contributed by atoms with van der Waals surface area (Å²) in [6.45, 7) is 0. The third-order valence-corrected chi connectivity index (χ3v) is 2.27. The molecule has 0 saturated heterocycles. The van der Waals surface area contributed by atoms with Crippen LogP contribution < -0.4 is 0 Å². The normalized spacial score (nSPS) is 13.2. The van der Waals surface area contributed by atoms with E-state index in [2.05, 4.69) is 9.47 Å². The minimum atomic E-state index is -1.89. The standard InChI is InChI=1S/C7H9Cl3O4/c1-13-5(11)3-4(6(12)14-2)7(8,9)10/h4H,3H2,1-2H3/t4-/m0/s1. The van der Waals surface area contributed by atoms with E-state index in [1.54, 1.807) is 0 Å². The molecular formula is C7H9Cl3O4. The van der Waals surface area contributed by atoms with E-state index in [0.29, 0.717) is 0 Å². The molecule has 0 rings (SSSR count). The van der Waals surface area contributed by atoms with Gasteiger partial charge in [-0.25, -0.2) is 0 Å². The summed E-state index contributed by atoms with van der Waals surface area (Å²) in [6.07, 6.45) is -0.334. The second-order valence-corrected chi connectivity index (χ2v) is 4.77. The number of esters is 2. The molecule has 0 aliphatic carbocycles. The van der Waals surface area contributed by atoms with Gasteiger partial charge in [0, 0.05) is 0 Å². The SMILES string of the molecule is COC(=O)C[C@@H](C(=O)OC)C(Cl)(Cl)Cl. The fourth-order valence-electron chi connectivity index (χ4n) is 0.725. The Balaban J connectivity index is 4.58. The highest BCUT2D eigenvalue weighted by molar-refractivity contribution is 6.68. The first-order valence-electron chi connectivity index (χ1n) is 3.54. The van der Waals surface area contributed by atoms with Crippen LogP contribution in [0, 0.1) is 5.92 Å². The van der Waals surface area contributed by atoms with Crippen LogP contribution >= 0.6 is 34.8 Å². The lowest BCUT2D eigenvalue weighted by Gasteiger charge is -2.20. The van der Waals surface area contributed by atoms with Crippen LogP contribution in [-0.2, 0) is 19.1 Å². The topological polar surface area (TPSA) is 52.6 Å². The van der Waals surface area contributed by atoms with Gasteiger partial charge in [-0.1, -0.05) is 34.8 Å². The minimum absolute atomic E-state index is 0.334. The van der Waals surface area contributed by atoms with Gasteiger partial charge in [-0.2, -0.15) is 0 Å². The third-order valence-electron chi connectivity index (χ3n) is 1.48. The Morgan fingerprint density at radius 2 is 1.71 bits per heavy atom. The molecule has 0 aromatic heterocycles. The Bertz CT molecular complexity index is 223. The molecule has 0 spiro atoms. The summed E-state index contributed by atoms with van der Waals surface area (Å²) in [6, 6.07) is 0. The average Bonchev–Trinajstić information content (AvgIpc) is 2.10. The minimum Gasteiger partial charge on any atom is -0.469 e. The van der Waals surface area contributed by atoms with E-state index in [0.717, 1.165) is 7.11 Å². The summed E-state index contributed by atoms with van der Waals surface area (Å²) in [5.41, 5.74) is 0. The van der Waals surface area contributed by atoms with E-state index in [1.807, 2.05) is 0 Å². The molecule has 82 valence electrons. The molecule has 0 aliphatic rings. The van der Waals surface area contributed by atoms with Crippen molar-refractivity contribution < 1.29 is 19.1 Å². The zero-order valence-electron chi connectivity index (χ0n) is 7.55. The molecule has 1 atom stereocenters. The summed E-state index contributed by atoms with van der Waals surface area (Å²) < 4.78 is 6.84. The summed E-state index contributed by atoms with van der Waals surface area (Å²) >= 11 is 16.5. The van der Waals surface area contributed by atoms with Crippen molar-refractivity contribution in [3.05, 3.63) is 0 Å². The number of alkyl halides is 3. The van der Waals surface area contributed by atoms with Crippen LogP contribution in [0.15, 0.2) is 0 Å². The lowest BCUT2D eigenvalue weighted by molar-refractivity contribution is -0.151. The van der Waals surface area contributed by atoms with Crippen molar-refractivity contribution in [1.29, 1.82) is 0 Å². The van der Waals surface area contributed by atoms with Gasteiger partial charge in [0.05, 0.1) is 20.6 Å². The maximum atomic E-state index is 11.1. The first-order valence-corrected chi connectivity index (χ1v) is 4.67. The maximum absolute atomic E-state index is 11.1. The Morgan fingerprint density at radius 1 is 1.21 bits per heavy atom. The number of halogens is 3. The zero-order valence-corrected chi connectivity index (χ0v) is 9.82. The average molecular weight is 264 g/mol. The molecule has 4 nitrogen and oxygen atoms in total. The van der Waals surface area contributed by atoms with Crippen molar-refractivity contribution in [2.24, 2.45) is 5.92 Å². The fraction of sp³-hybridized carbons (Fsp3) is 0.714. The van der Waals surface area contributed by atoms with Crippen LogP contribution in [0.2, 0.25) is 0 Å². The largest absolute Gasteiger partial charge is 0.469 e. The van der Waals surface area contributed by atoms with Gasteiger partial charge in [0.1, 0.15) is 5.92 Å². The number of carbonyl (C=O) groups is 2. The van der Waals surface area contributed by atoms with Crippen LogP contribution in [0.1, 0.15) is 6.42 Å². The molecule has 0 bridgehead atoms. The highest BCUT2D eigenvalue weighted by Crippen LogP contribution is 2.37. The van der Waals surface area contributed by atoms with Crippen molar-refractivity contribution in [3.63, 3.8) is 0 Å². The number of methoxy groups -OCH3 is 2. The zero-order chi connectivity index (χ0) is 11.4. The lowest BCUT2D eigenvalue weighted by atomic mass is 10.1. The molecule has 0 aromatic rings. The van der Waals surface area contributed by atoms with Crippen molar-refractivity contribution in [3.8, 4) is 0 Å². The molecule has 0 aromatic carbocycles. The molecule has 0 radical (unpaired) electrons. The van der Waals surface area contributed by atoms with Gasteiger partial charge in [0.15, 0.2) is 0 Å². The van der Waals surface area contributed by atoms with Crippen LogP contribution in [0.4, 0.5) is 0 Å². The fourth-order valence-corrected chi connectivity index (χ4v) is 1.22. The molecular weight excluding hydrogens is 254 g/mol. The molecule has 14 heavy (non-hydrogen) atoms. The van der Waals surface area contributed by atoms with Crippen molar-refractivity contribution in [2.75, 3.05) is 14.2 Å². The van der Waals surface area contributed by atoms with Gasteiger partial charge in [0.2, 0.25) is 3.79 Å². The van der Waals surface area contributed by atoms with Gasteiger partial charge in [-0.15, -0.1) is 0 Å². The van der Waals surface area contributed by atoms with Gasteiger partial charge < -0.3 is 9.47 Å². The number of carbonyl (C=O) groups excluding carboxylic acids is 2. The van der Waals surface area contributed by atoms with E-state index in [9.17, 15) is 9.59 Å². The molecule has 0 heterocycles. The predicted molar refractivity (Wildman–Crippen MR) is 52.4 cm³/mol. The van der Waals surface area contributed by atoms with E-state index in [1.165, 1.54) is 7.11 Å². The quantitative estimate of drug-likeness (QED) is 0.574. The van der Waals surface area contributed by atoms with Crippen LogP contribution in [0.5, 0.6) is 0 Å². The van der Waals surface area contributed by atoms with Gasteiger partial charge in [-0.05, 0) is 0 Å². The third kappa shape index (κ3) is 4.35. The first-order chi connectivity index (χ1) is 6.32. The Labute approximate surface area is 96.4 Å². The van der Waals surface area contributed by atoms with Crippen LogP contribution in [0.3, 0.4) is 0 Å². The van der Waals surface area contributed by atoms with Crippen molar-refractivity contribution in [1.82, 2.24) is 0 Å². The maximum Gasteiger partial charge on any atom is 0.313 e. The molecule has 0 aliphatic heterocycles. The lowest BCUT2D eigenvalue weighted by Crippen LogP contribution is -2.31. The second kappa shape index (κ2) is 5.63. The van der Waals surface area contributed by atoms with E-state index in [-0.39, 0.29) is 6.42 Å². The summed E-state index contributed by atoms with van der Waals surface area (Å²) in [7, 11) is 2.32. The van der Waals surface area contributed by atoms with Gasteiger partial charge >= 0.3 is 11.9 Å². The van der Waals surface area contributed by atoms with Crippen molar-refractivity contribution in [2.45, 2.75) is 10.2 Å². The Hall–Kier alpha value is -0.190. The van der Waals surface area contributed by atoms with E-state index >= 15 is 0 Å². The monoisotopic (exact) mass is 262 g/mol. The Kier molecular flexibility index (Phi) is 5.56. The molecule has 0 amide bonds. The summed E-state index contributed by atoms with van der Waals surface area (Å²) in [4.78, 5) is 22.0. The molecule has 7 heteroatoms. The highest BCUT2D eigenvalue weighted by atomic mass is 35.6. The predicted octanol–water partition coefficient (Wildman–Crippen LogP) is 1.71. The van der Waals surface area contributed by atoms with Crippen molar-refractivity contribution >= 4 is 46.7 Å². The molecule has 0 fully saturated rings. The number of rotatable bonds is 3. The second-order valence-electron chi connectivity index (χ2n) is 2.40. The van der Waals surface area contributed by atoms with Gasteiger partial charge in [-0.3, -0.25) is 9.59 Å². The first kappa shape index (κ1) is 13.8. The van der Waals surface area contributed by atoms with Crippen LogP contribution in [-0.4, -0.2) is 30.0 Å². The number of hydrogen-bond acceptors (Lipinski definition) is 4. The molecule has 0 saturated carbocycles. The highest BCUT2D eigenvalue weighted by Gasteiger charge is 2.41. The summed E-state index contributed by atoms with van der Waals surface area (Å²) in [5.74, 6) is -2.58. The van der Waals surface area contributed by atoms with E-state index < -0.39 is 21.6 Å². The number of ether oxygens (including phenoxy) is 2. The van der Waals surface area contributed by atoms with Crippen LogP contribution in [0.25, 0.3) is 0 Å². The van der Waals surface area contributed by atoms with Gasteiger partial charge in [0.25, 0.3) is 0 Å². The Morgan fingerprint density at radius 3 is 2.00 bits per heavy atom.